The fourth-order valence-electron chi connectivity index (χ4n) is 1.88. The molecule has 8 heteroatoms. The molecule has 1 aliphatic rings. The number of aliphatic hydroxyl groups excluding tert-OH is 1. The van der Waals surface area contributed by atoms with Gasteiger partial charge in [0.15, 0.2) is 0 Å². The van der Waals surface area contributed by atoms with Gasteiger partial charge in [0.1, 0.15) is 0 Å². The lowest BCUT2D eigenvalue weighted by atomic mass is 9.86. The number of carboxylic acids is 2. The van der Waals surface area contributed by atoms with Crippen molar-refractivity contribution in [3.05, 3.63) is 0 Å². The second kappa shape index (κ2) is 9.37. The highest BCUT2D eigenvalue weighted by Gasteiger charge is 2.26. The maximum absolute atomic E-state index is 11.8. The molecule has 128 valence electrons. The van der Waals surface area contributed by atoms with Crippen LogP contribution in [0.15, 0.2) is 0 Å². The van der Waals surface area contributed by atoms with Gasteiger partial charge in [0.05, 0.1) is 6.10 Å². The molecule has 1 rings (SSSR count). The summed E-state index contributed by atoms with van der Waals surface area (Å²) in [6, 6.07) is 0. The molecule has 1 amide bonds. The highest BCUT2D eigenvalue weighted by atomic mass is 16.4. The molecule has 1 saturated carbocycles. The van der Waals surface area contributed by atoms with Gasteiger partial charge >= 0.3 is 11.9 Å². The zero-order chi connectivity index (χ0) is 17.3. The lowest BCUT2D eigenvalue weighted by Gasteiger charge is -2.27. The molecule has 6 N–H and O–H groups in total. The van der Waals surface area contributed by atoms with Crippen molar-refractivity contribution in [2.75, 3.05) is 13.1 Å². The van der Waals surface area contributed by atoms with Gasteiger partial charge in [0, 0.05) is 12.5 Å². The Labute approximate surface area is 129 Å². The van der Waals surface area contributed by atoms with E-state index in [0.29, 0.717) is 13.1 Å². The Balaban J connectivity index is 0.000000626. The van der Waals surface area contributed by atoms with E-state index in [1.807, 2.05) is 13.8 Å². The predicted octanol–water partition coefficient (Wildman–Crippen LogP) is -0.206. The number of carbonyl (C=O) groups excluding carboxylic acids is 1. The highest BCUT2D eigenvalue weighted by Crippen LogP contribution is 2.24. The van der Waals surface area contributed by atoms with E-state index in [1.165, 1.54) is 0 Å². The first-order valence-electron chi connectivity index (χ1n) is 7.21. The Hall–Kier alpha value is -1.67. The fourth-order valence-corrected chi connectivity index (χ4v) is 1.88. The van der Waals surface area contributed by atoms with Gasteiger partial charge in [-0.2, -0.15) is 0 Å². The summed E-state index contributed by atoms with van der Waals surface area (Å²) in [7, 11) is 0. The fraction of sp³-hybridized carbons (Fsp3) is 0.786. The van der Waals surface area contributed by atoms with E-state index >= 15 is 0 Å². The first kappa shape index (κ1) is 20.3. The van der Waals surface area contributed by atoms with E-state index in [9.17, 15) is 9.90 Å². The van der Waals surface area contributed by atoms with Gasteiger partial charge in [-0.3, -0.25) is 4.79 Å². The van der Waals surface area contributed by atoms with Gasteiger partial charge < -0.3 is 26.4 Å². The van der Waals surface area contributed by atoms with E-state index in [0.717, 1.165) is 25.7 Å². The Morgan fingerprint density at radius 2 is 1.55 bits per heavy atom. The largest absolute Gasteiger partial charge is 0.473 e. The molecule has 0 spiro atoms. The van der Waals surface area contributed by atoms with Crippen molar-refractivity contribution in [2.45, 2.75) is 45.6 Å². The normalized spacial score (nSPS) is 21.3. The SMILES string of the molecule is CC(C)(CN)CNC(=O)[C@H]1CC[C@H](O)CC1.O=C(O)C(=O)O. The summed E-state index contributed by atoms with van der Waals surface area (Å²) >= 11 is 0. The number of hydrogen-bond donors (Lipinski definition) is 5. The summed E-state index contributed by atoms with van der Waals surface area (Å²) in [6.45, 7) is 5.27. The van der Waals surface area contributed by atoms with E-state index in [1.54, 1.807) is 0 Å². The standard InChI is InChI=1S/C12H24N2O2.C2H2O4/c1-12(2,7-13)8-14-11(16)9-3-5-10(15)6-4-9;3-1(4)2(5)6/h9-10,15H,3-8,13H2,1-2H3,(H,14,16);(H,3,4)(H,5,6)/t9-,10-;. The Morgan fingerprint density at radius 1 is 1.09 bits per heavy atom. The number of hydrogen-bond acceptors (Lipinski definition) is 5. The lowest BCUT2D eigenvalue weighted by molar-refractivity contribution is -0.159. The summed E-state index contributed by atoms with van der Waals surface area (Å²) in [6.07, 6.45) is 2.90. The van der Waals surface area contributed by atoms with Crippen molar-refractivity contribution in [3.8, 4) is 0 Å². The van der Waals surface area contributed by atoms with E-state index in [-0.39, 0.29) is 23.3 Å². The van der Waals surface area contributed by atoms with Crippen molar-refractivity contribution in [1.82, 2.24) is 5.32 Å². The first-order chi connectivity index (χ1) is 10.1. The summed E-state index contributed by atoms with van der Waals surface area (Å²) < 4.78 is 0. The maximum Gasteiger partial charge on any atom is 0.414 e. The first-order valence-corrected chi connectivity index (χ1v) is 7.21. The summed E-state index contributed by atoms with van der Waals surface area (Å²) in [5.41, 5.74) is 5.57. The van der Waals surface area contributed by atoms with Crippen molar-refractivity contribution < 1.29 is 29.7 Å². The van der Waals surface area contributed by atoms with Crippen LogP contribution in [0, 0.1) is 11.3 Å². The minimum atomic E-state index is -1.82. The summed E-state index contributed by atoms with van der Waals surface area (Å²) in [4.78, 5) is 30.0. The van der Waals surface area contributed by atoms with Crippen molar-refractivity contribution in [3.63, 3.8) is 0 Å². The summed E-state index contributed by atoms with van der Waals surface area (Å²) in [5, 5.41) is 27.1. The molecule has 0 radical (unpaired) electrons. The minimum absolute atomic E-state index is 0.0379. The topological polar surface area (TPSA) is 150 Å². The van der Waals surface area contributed by atoms with Crippen LogP contribution >= 0.6 is 0 Å². The monoisotopic (exact) mass is 318 g/mol. The average Bonchev–Trinajstić information content (AvgIpc) is 2.46. The van der Waals surface area contributed by atoms with Gasteiger partial charge in [-0.05, 0) is 37.6 Å². The molecule has 0 aromatic heterocycles. The molecular weight excluding hydrogens is 292 g/mol. The summed E-state index contributed by atoms with van der Waals surface area (Å²) in [5.74, 6) is -3.45. The van der Waals surface area contributed by atoms with Crippen molar-refractivity contribution >= 4 is 17.8 Å². The van der Waals surface area contributed by atoms with Crippen LogP contribution in [0.5, 0.6) is 0 Å². The van der Waals surface area contributed by atoms with Gasteiger partial charge in [0.2, 0.25) is 5.91 Å². The molecule has 0 atom stereocenters. The molecule has 0 unspecified atom stereocenters. The van der Waals surface area contributed by atoms with Crippen LogP contribution in [-0.2, 0) is 14.4 Å². The molecule has 0 aliphatic heterocycles. The second-order valence-electron chi connectivity index (χ2n) is 6.20. The predicted molar refractivity (Wildman–Crippen MR) is 79.1 cm³/mol. The molecule has 0 heterocycles. The number of aliphatic carboxylic acids is 2. The lowest BCUT2D eigenvalue weighted by Crippen LogP contribution is -2.41. The number of carbonyl (C=O) groups is 3. The van der Waals surface area contributed by atoms with Gasteiger partial charge in [-0.15, -0.1) is 0 Å². The molecular formula is C14H26N2O6. The van der Waals surface area contributed by atoms with Crippen molar-refractivity contribution in [2.24, 2.45) is 17.1 Å². The van der Waals surface area contributed by atoms with Crippen molar-refractivity contribution in [1.29, 1.82) is 0 Å². The molecule has 0 aromatic carbocycles. The van der Waals surface area contributed by atoms with E-state index in [2.05, 4.69) is 5.32 Å². The average molecular weight is 318 g/mol. The Bertz CT molecular complexity index is 377. The molecule has 8 nitrogen and oxygen atoms in total. The Kier molecular flexibility index (Phi) is 8.66. The van der Waals surface area contributed by atoms with E-state index < -0.39 is 11.9 Å². The number of aliphatic hydroxyl groups is 1. The molecule has 0 bridgehead atoms. The van der Waals surface area contributed by atoms with Gasteiger partial charge in [-0.1, -0.05) is 13.8 Å². The van der Waals surface area contributed by atoms with Gasteiger partial charge in [0.25, 0.3) is 0 Å². The van der Waals surface area contributed by atoms with Gasteiger partial charge in [-0.25, -0.2) is 9.59 Å². The quantitative estimate of drug-likeness (QED) is 0.450. The molecule has 1 fully saturated rings. The third kappa shape index (κ3) is 8.58. The number of nitrogens with two attached hydrogens (primary N) is 1. The molecule has 22 heavy (non-hydrogen) atoms. The van der Waals surface area contributed by atoms with Crippen LogP contribution in [0.2, 0.25) is 0 Å². The number of rotatable bonds is 4. The van der Waals surface area contributed by atoms with Crippen LogP contribution in [-0.4, -0.2) is 52.4 Å². The molecule has 1 aliphatic carbocycles. The van der Waals surface area contributed by atoms with Crippen LogP contribution in [0.1, 0.15) is 39.5 Å². The van der Waals surface area contributed by atoms with Crippen LogP contribution in [0.4, 0.5) is 0 Å². The van der Waals surface area contributed by atoms with E-state index in [4.69, 9.17) is 25.5 Å². The zero-order valence-electron chi connectivity index (χ0n) is 13.0. The maximum atomic E-state index is 11.8. The Morgan fingerprint density at radius 3 is 1.91 bits per heavy atom. The minimum Gasteiger partial charge on any atom is -0.473 e. The van der Waals surface area contributed by atoms with Crippen LogP contribution in [0.3, 0.4) is 0 Å². The number of amides is 1. The second-order valence-corrected chi connectivity index (χ2v) is 6.20. The smallest absolute Gasteiger partial charge is 0.414 e. The number of carboxylic acid groups (broad SMARTS) is 2. The highest BCUT2D eigenvalue weighted by molar-refractivity contribution is 6.27. The third-order valence-corrected chi connectivity index (χ3v) is 3.54. The number of nitrogens with one attached hydrogen (secondary N) is 1. The zero-order valence-corrected chi connectivity index (χ0v) is 13.0. The van der Waals surface area contributed by atoms with Crippen LogP contribution < -0.4 is 11.1 Å². The van der Waals surface area contributed by atoms with Crippen LogP contribution in [0.25, 0.3) is 0 Å². The third-order valence-electron chi connectivity index (χ3n) is 3.54. The molecule has 0 saturated heterocycles. The molecule has 0 aromatic rings.